The highest BCUT2D eigenvalue weighted by Crippen LogP contribution is 2.52. The van der Waals surface area contributed by atoms with Crippen molar-refractivity contribution in [1.82, 2.24) is 0 Å². The second-order valence-electron chi connectivity index (χ2n) is 9.18. The highest BCUT2D eigenvalue weighted by molar-refractivity contribution is 6.12. The Kier molecular flexibility index (Phi) is 5.28. The Balaban J connectivity index is 1.80. The maximum atomic E-state index is 14.0. The molecular formula is C30H27NO4. The van der Waals surface area contributed by atoms with Crippen molar-refractivity contribution >= 4 is 11.6 Å². The topological polar surface area (TPSA) is 78.8 Å². The summed E-state index contributed by atoms with van der Waals surface area (Å²) in [6.07, 6.45) is 0. The number of anilines is 1. The summed E-state index contributed by atoms with van der Waals surface area (Å²) in [5.74, 6) is 0.741. The number of aromatic hydroxyl groups is 2. The van der Waals surface area contributed by atoms with E-state index in [-0.39, 0.29) is 17.4 Å². The Labute approximate surface area is 204 Å². The van der Waals surface area contributed by atoms with Crippen LogP contribution in [0, 0.1) is 20.8 Å². The van der Waals surface area contributed by atoms with E-state index in [0.717, 1.165) is 28.0 Å². The molecule has 1 aliphatic heterocycles. The molecule has 0 spiro atoms. The zero-order valence-electron chi connectivity index (χ0n) is 20.1. The SMILES string of the molecule is COc1cccc(-c2ccc3c(c2)NC(=O)C3(c2cc(C)c(O)c(C)c2)c2cc(C)ccc2O)c1. The monoisotopic (exact) mass is 465 g/mol. The third kappa shape index (κ3) is 3.43. The Morgan fingerprint density at radius 1 is 0.800 bits per heavy atom. The number of rotatable bonds is 4. The molecule has 4 aromatic carbocycles. The van der Waals surface area contributed by atoms with Crippen LogP contribution in [0.5, 0.6) is 17.2 Å². The summed E-state index contributed by atoms with van der Waals surface area (Å²) in [5.41, 5.74) is 5.52. The molecule has 1 aliphatic rings. The van der Waals surface area contributed by atoms with E-state index >= 15 is 0 Å². The van der Waals surface area contributed by atoms with Gasteiger partial charge in [0.2, 0.25) is 5.91 Å². The van der Waals surface area contributed by atoms with Crippen LogP contribution in [-0.2, 0) is 10.2 Å². The Morgan fingerprint density at radius 3 is 2.23 bits per heavy atom. The smallest absolute Gasteiger partial charge is 0.244 e. The van der Waals surface area contributed by atoms with Crippen LogP contribution < -0.4 is 10.1 Å². The van der Waals surface area contributed by atoms with Gasteiger partial charge >= 0.3 is 0 Å². The second-order valence-corrected chi connectivity index (χ2v) is 9.18. The molecule has 176 valence electrons. The van der Waals surface area contributed by atoms with Gasteiger partial charge in [0.05, 0.1) is 7.11 Å². The molecular weight excluding hydrogens is 438 g/mol. The molecule has 5 heteroatoms. The molecule has 0 saturated carbocycles. The summed E-state index contributed by atoms with van der Waals surface area (Å²) in [4.78, 5) is 14.0. The van der Waals surface area contributed by atoms with Gasteiger partial charge in [0.1, 0.15) is 22.7 Å². The first-order valence-corrected chi connectivity index (χ1v) is 11.5. The lowest BCUT2D eigenvalue weighted by Crippen LogP contribution is -2.37. The van der Waals surface area contributed by atoms with Gasteiger partial charge in [-0.3, -0.25) is 4.79 Å². The minimum atomic E-state index is -1.28. The van der Waals surface area contributed by atoms with E-state index in [9.17, 15) is 15.0 Å². The number of phenolic OH excluding ortho intramolecular Hbond substituents is 2. The number of hydrogen-bond acceptors (Lipinski definition) is 4. The van der Waals surface area contributed by atoms with Gasteiger partial charge in [-0.15, -0.1) is 0 Å². The van der Waals surface area contributed by atoms with Gasteiger partial charge in [0.15, 0.2) is 0 Å². The van der Waals surface area contributed by atoms with E-state index in [1.165, 1.54) is 0 Å². The molecule has 5 rings (SSSR count). The number of benzene rings is 4. The number of carbonyl (C=O) groups is 1. The van der Waals surface area contributed by atoms with Gasteiger partial charge in [-0.2, -0.15) is 0 Å². The fourth-order valence-corrected chi connectivity index (χ4v) is 5.13. The number of nitrogens with one attached hydrogen (secondary N) is 1. The highest BCUT2D eigenvalue weighted by atomic mass is 16.5. The normalized spacial score (nSPS) is 16.6. The van der Waals surface area contributed by atoms with Crippen molar-refractivity contribution in [3.8, 4) is 28.4 Å². The first kappa shape index (κ1) is 22.5. The highest BCUT2D eigenvalue weighted by Gasteiger charge is 2.51. The van der Waals surface area contributed by atoms with Crippen molar-refractivity contribution in [1.29, 1.82) is 0 Å². The summed E-state index contributed by atoms with van der Waals surface area (Å²) in [5, 5.41) is 24.5. The first-order chi connectivity index (χ1) is 16.7. The van der Waals surface area contributed by atoms with Crippen LogP contribution >= 0.6 is 0 Å². The van der Waals surface area contributed by atoms with E-state index in [2.05, 4.69) is 5.32 Å². The van der Waals surface area contributed by atoms with Crippen LogP contribution in [0.4, 0.5) is 5.69 Å². The minimum absolute atomic E-state index is 0.0406. The third-order valence-corrected chi connectivity index (χ3v) is 6.90. The Bertz CT molecular complexity index is 1470. The lowest BCUT2D eigenvalue weighted by molar-refractivity contribution is -0.118. The molecule has 0 bridgehead atoms. The van der Waals surface area contributed by atoms with Crippen LogP contribution in [0.15, 0.2) is 72.8 Å². The molecule has 0 fully saturated rings. The van der Waals surface area contributed by atoms with Crippen molar-refractivity contribution in [2.24, 2.45) is 0 Å². The zero-order valence-corrected chi connectivity index (χ0v) is 20.1. The molecule has 1 heterocycles. The van der Waals surface area contributed by atoms with E-state index in [4.69, 9.17) is 4.74 Å². The summed E-state index contributed by atoms with van der Waals surface area (Å²) in [6.45, 7) is 5.56. The van der Waals surface area contributed by atoms with E-state index in [1.54, 1.807) is 13.2 Å². The molecule has 0 aromatic heterocycles. The van der Waals surface area contributed by atoms with Crippen LogP contribution in [0.25, 0.3) is 11.1 Å². The number of ether oxygens (including phenoxy) is 1. The molecule has 5 nitrogen and oxygen atoms in total. The fourth-order valence-electron chi connectivity index (χ4n) is 5.13. The lowest BCUT2D eigenvalue weighted by Gasteiger charge is -2.31. The predicted octanol–water partition coefficient (Wildman–Crippen LogP) is 5.99. The number of carbonyl (C=O) groups excluding carboxylic acids is 1. The standard InChI is InChI=1S/C30H27NO4/c1-17-8-11-27(32)25(12-17)30(22-13-18(2)28(33)19(3)14-22)24-10-9-21(16-26(24)31-29(30)34)20-6-5-7-23(15-20)35-4/h5-16,32-33H,1-4H3,(H,31,34). The predicted molar refractivity (Wildman–Crippen MR) is 137 cm³/mol. The number of hydrogen-bond donors (Lipinski definition) is 3. The van der Waals surface area contributed by atoms with Gasteiger partial charge in [0.25, 0.3) is 0 Å². The van der Waals surface area contributed by atoms with Crippen molar-refractivity contribution in [2.75, 3.05) is 12.4 Å². The van der Waals surface area contributed by atoms with Gasteiger partial charge in [0, 0.05) is 16.8 Å². The maximum absolute atomic E-state index is 14.0. The van der Waals surface area contributed by atoms with Crippen LogP contribution in [0.3, 0.4) is 0 Å². The molecule has 1 atom stereocenters. The summed E-state index contributed by atoms with van der Waals surface area (Å²) in [6, 6.07) is 22.6. The van der Waals surface area contributed by atoms with Gasteiger partial charge in [-0.1, -0.05) is 54.1 Å². The third-order valence-electron chi connectivity index (χ3n) is 6.90. The molecule has 1 amide bonds. The van der Waals surface area contributed by atoms with E-state index in [1.807, 2.05) is 87.5 Å². The molecule has 0 radical (unpaired) electrons. The van der Waals surface area contributed by atoms with Crippen molar-refractivity contribution in [3.05, 3.63) is 106 Å². The van der Waals surface area contributed by atoms with Gasteiger partial charge in [-0.25, -0.2) is 0 Å². The number of methoxy groups -OCH3 is 1. The number of fused-ring (bicyclic) bond motifs is 1. The first-order valence-electron chi connectivity index (χ1n) is 11.5. The number of aryl methyl sites for hydroxylation is 3. The molecule has 35 heavy (non-hydrogen) atoms. The van der Waals surface area contributed by atoms with Gasteiger partial charge in [-0.05, 0) is 72.9 Å². The van der Waals surface area contributed by atoms with E-state index in [0.29, 0.717) is 27.9 Å². The van der Waals surface area contributed by atoms with Crippen molar-refractivity contribution < 1.29 is 19.7 Å². The Hall–Kier alpha value is -4.25. The molecule has 1 unspecified atom stereocenters. The average Bonchev–Trinajstić information content (AvgIpc) is 3.15. The number of amides is 1. The quantitative estimate of drug-likeness (QED) is 0.346. The molecule has 4 aromatic rings. The maximum Gasteiger partial charge on any atom is 0.244 e. The molecule has 0 aliphatic carbocycles. The minimum Gasteiger partial charge on any atom is -0.508 e. The van der Waals surface area contributed by atoms with Crippen LogP contribution in [0.2, 0.25) is 0 Å². The summed E-state index contributed by atoms with van der Waals surface area (Å²) in [7, 11) is 1.63. The Morgan fingerprint density at radius 2 is 1.51 bits per heavy atom. The van der Waals surface area contributed by atoms with Crippen molar-refractivity contribution in [2.45, 2.75) is 26.2 Å². The van der Waals surface area contributed by atoms with Crippen molar-refractivity contribution in [3.63, 3.8) is 0 Å². The summed E-state index contributed by atoms with van der Waals surface area (Å²) >= 11 is 0. The average molecular weight is 466 g/mol. The molecule has 3 N–H and O–H groups in total. The fraction of sp³-hybridized carbons (Fsp3) is 0.167. The zero-order chi connectivity index (χ0) is 24.9. The largest absolute Gasteiger partial charge is 0.508 e. The number of phenols is 2. The summed E-state index contributed by atoms with van der Waals surface area (Å²) < 4.78 is 5.37. The molecule has 0 saturated heterocycles. The van der Waals surface area contributed by atoms with Crippen LogP contribution in [-0.4, -0.2) is 23.2 Å². The second kappa shape index (κ2) is 8.20. The van der Waals surface area contributed by atoms with Gasteiger partial charge < -0.3 is 20.3 Å². The lowest BCUT2D eigenvalue weighted by atomic mass is 9.68. The van der Waals surface area contributed by atoms with Crippen LogP contribution in [0.1, 0.15) is 33.4 Å². The van der Waals surface area contributed by atoms with E-state index < -0.39 is 5.41 Å².